The van der Waals surface area contributed by atoms with E-state index in [-0.39, 0.29) is 17.2 Å². The topological polar surface area (TPSA) is 98.8 Å². The van der Waals surface area contributed by atoms with E-state index in [4.69, 9.17) is 4.74 Å². The summed E-state index contributed by atoms with van der Waals surface area (Å²) in [5, 5.41) is 0. The van der Waals surface area contributed by atoms with E-state index in [1.165, 1.54) is 6.26 Å². The first-order chi connectivity index (χ1) is 12.7. The van der Waals surface area contributed by atoms with Crippen LogP contribution in [0, 0.1) is 5.41 Å². The van der Waals surface area contributed by atoms with Crippen molar-refractivity contribution in [1.29, 1.82) is 0 Å². The van der Waals surface area contributed by atoms with Gasteiger partial charge in [0.1, 0.15) is 20.2 Å². The van der Waals surface area contributed by atoms with Crippen molar-refractivity contribution >= 4 is 27.3 Å². The molecule has 0 spiro atoms. The van der Waals surface area contributed by atoms with Crippen molar-refractivity contribution in [3.8, 4) is 0 Å². The van der Waals surface area contributed by atoms with Gasteiger partial charge in [-0.3, -0.25) is 0 Å². The lowest BCUT2D eigenvalue weighted by molar-refractivity contribution is -0.0183. The van der Waals surface area contributed by atoms with E-state index in [9.17, 15) is 17.8 Å². The molecular weight excluding hydrogens is 412 g/mol. The Balaban J connectivity index is 3.30. The lowest BCUT2D eigenvalue weighted by Crippen LogP contribution is -2.66. The first kappa shape index (κ1) is 26.5. The molecule has 1 aliphatic heterocycles. The summed E-state index contributed by atoms with van der Waals surface area (Å²) in [7, 11) is -3.34. The maximum absolute atomic E-state index is 12.9. The monoisotopic (exact) mass is 452 g/mol. The van der Waals surface area contributed by atoms with Gasteiger partial charge in [0.15, 0.2) is 0 Å². The third kappa shape index (κ3) is 8.26. The molecule has 0 aromatic rings. The molecule has 172 valence electrons. The fourth-order valence-corrected chi connectivity index (χ4v) is 5.88. The number of carbonyl (C=O) groups excluding carboxylic acids is 1. The van der Waals surface area contributed by atoms with Gasteiger partial charge >= 0.3 is 6.09 Å². The molecule has 1 N–H and O–H groups in total. The Morgan fingerprint density at radius 1 is 1.17 bits per heavy atom. The second-order valence-electron chi connectivity index (χ2n) is 11.3. The molecule has 1 fully saturated rings. The third-order valence-corrected chi connectivity index (χ3v) is 7.63. The van der Waals surface area contributed by atoms with Crippen molar-refractivity contribution in [2.45, 2.75) is 97.1 Å². The van der Waals surface area contributed by atoms with Gasteiger partial charge in [-0.05, 0) is 59.8 Å². The van der Waals surface area contributed by atoms with Crippen molar-refractivity contribution in [2.24, 2.45) is 5.41 Å². The van der Waals surface area contributed by atoms with Gasteiger partial charge in [0.05, 0.1) is 11.3 Å². The number of rotatable bonds is 4. The van der Waals surface area contributed by atoms with Gasteiger partial charge in [0.25, 0.3) is 0 Å². The zero-order chi connectivity index (χ0) is 23.1. The van der Waals surface area contributed by atoms with E-state index in [1.54, 1.807) is 4.90 Å². The number of ether oxygens (including phenoxy) is 1. The number of amides is 1. The minimum atomic E-state index is -3.34. The van der Waals surface area contributed by atoms with E-state index in [2.05, 4.69) is 4.72 Å². The van der Waals surface area contributed by atoms with Gasteiger partial charge < -0.3 is 14.2 Å². The molecule has 0 aromatic heterocycles. The molecule has 1 rings (SSSR count). The summed E-state index contributed by atoms with van der Waals surface area (Å²) in [5.41, 5.74) is -1.81. The van der Waals surface area contributed by atoms with Gasteiger partial charge in [-0.1, -0.05) is 20.8 Å². The second kappa shape index (κ2) is 8.55. The van der Waals surface area contributed by atoms with Gasteiger partial charge in [-0.25, -0.2) is 13.2 Å². The van der Waals surface area contributed by atoms with Gasteiger partial charge in [0.2, 0.25) is 0 Å². The van der Waals surface area contributed by atoms with Crippen LogP contribution in [0.15, 0.2) is 0 Å². The summed E-state index contributed by atoms with van der Waals surface area (Å²) in [6.45, 7) is 17.4. The summed E-state index contributed by atoms with van der Waals surface area (Å²) in [6.07, 6.45) is 1.56. The Morgan fingerprint density at radius 2 is 1.69 bits per heavy atom. The number of sulfone groups is 1. The van der Waals surface area contributed by atoms with Gasteiger partial charge in [-0.15, -0.1) is 4.72 Å². The van der Waals surface area contributed by atoms with Crippen molar-refractivity contribution in [2.75, 3.05) is 18.6 Å². The molecule has 3 atom stereocenters. The van der Waals surface area contributed by atoms with E-state index < -0.39 is 43.2 Å². The van der Waals surface area contributed by atoms with Crippen LogP contribution in [0.2, 0.25) is 0 Å². The predicted molar refractivity (Wildman–Crippen MR) is 119 cm³/mol. The molecule has 1 amide bonds. The highest BCUT2D eigenvalue weighted by Gasteiger charge is 2.51. The molecule has 0 bridgehead atoms. The van der Waals surface area contributed by atoms with E-state index >= 15 is 0 Å². The molecule has 1 heterocycles. The summed E-state index contributed by atoms with van der Waals surface area (Å²) in [4.78, 5) is 14.6. The summed E-state index contributed by atoms with van der Waals surface area (Å²) in [6, 6.07) is -0.266. The number of nitrogens with zero attached hydrogens (tertiary/aromatic N) is 1. The Morgan fingerprint density at radius 3 is 2.07 bits per heavy atom. The molecule has 29 heavy (non-hydrogen) atoms. The second-order valence-corrected chi connectivity index (χ2v) is 15.4. The molecule has 0 saturated carbocycles. The lowest BCUT2D eigenvalue weighted by atomic mass is 9.74. The highest BCUT2D eigenvalue weighted by molar-refractivity contribution is 7.91. The van der Waals surface area contributed by atoms with Crippen molar-refractivity contribution in [3.63, 3.8) is 0 Å². The summed E-state index contributed by atoms with van der Waals surface area (Å²) in [5.74, 6) is -0.128. The molecule has 3 unspecified atom stereocenters. The average molecular weight is 453 g/mol. The number of nitrogens with one attached hydrogen (secondary N) is 1. The smallest absolute Gasteiger partial charge is 0.410 e. The van der Waals surface area contributed by atoms with Crippen LogP contribution in [-0.4, -0.2) is 64.4 Å². The highest BCUT2D eigenvalue weighted by atomic mass is 32.2. The van der Waals surface area contributed by atoms with E-state index in [0.717, 1.165) is 0 Å². The standard InChI is InChI=1S/C20H40N2O5S2/c1-17(2,3)15-13-20(14-29(10,25)26,21-28(24)19(7,8)9)11-12-22(15)16(23)27-18(4,5)6/h15,21H,11-14H2,1-10H3. The first-order valence-electron chi connectivity index (χ1n) is 10.0. The summed E-state index contributed by atoms with van der Waals surface area (Å²) < 4.78 is 45.6. The summed E-state index contributed by atoms with van der Waals surface area (Å²) >= 11 is -1.44. The Labute approximate surface area is 180 Å². The normalized spacial score (nSPS) is 25.6. The quantitative estimate of drug-likeness (QED) is 0.657. The first-order valence-corrected chi connectivity index (χ1v) is 13.2. The highest BCUT2D eigenvalue weighted by Crippen LogP contribution is 2.39. The molecular formula is C20H40N2O5S2. The van der Waals surface area contributed by atoms with Crippen LogP contribution in [0.25, 0.3) is 0 Å². The van der Waals surface area contributed by atoms with E-state index in [0.29, 0.717) is 19.4 Å². The van der Waals surface area contributed by atoms with Crippen molar-refractivity contribution < 1.29 is 22.5 Å². The SMILES string of the molecule is CC(C)(C)OC(=O)N1CCC(CS(C)(=O)=O)(N[S+]([O-])C(C)(C)C)CC1C(C)(C)C. The molecule has 1 saturated heterocycles. The molecule has 1 aliphatic rings. The number of likely N-dealkylation sites (tertiary alicyclic amines) is 1. The number of piperidine rings is 1. The number of carbonyl (C=O) groups is 1. The zero-order valence-electron chi connectivity index (χ0n) is 19.7. The van der Waals surface area contributed by atoms with Crippen LogP contribution in [-0.2, 0) is 25.9 Å². The average Bonchev–Trinajstić information content (AvgIpc) is 2.41. The van der Waals surface area contributed by atoms with Crippen LogP contribution >= 0.6 is 0 Å². The number of hydrogen-bond donors (Lipinski definition) is 1. The van der Waals surface area contributed by atoms with Crippen molar-refractivity contribution in [3.05, 3.63) is 0 Å². The van der Waals surface area contributed by atoms with Gasteiger partial charge in [-0.2, -0.15) is 0 Å². The molecule has 0 aliphatic carbocycles. The van der Waals surface area contributed by atoms with Crippen LogP contribution in [0.1, 0.15) is 75.2 Å². The fourth-order valence-electron chi connectivity index (χ4n) is 3.49. The van der Waals surface area contributed by atoms with Crippen molar-refractivity contribution in [1.82, 2.24) is 9.62 Å². The van der Waals surface area contributed by atoms with Crippen LogP contribution in [0.4, 0.5) is 4.79 Å². The Kier molecular flexibility index (Phi) is 7.82. The lowest BCUT2D eigenvalue weighted by Gasteiger charge is -2.50. The minimum absolute atomic E-state index is 0.128. The predicted octanol–water partition coefficient (Wildman–Crippen LogP) is 3.27. The molecule has 0 radical (unpaired) electrons. The van der Waals surface area contributed by atoms with Crippen LogP contribution < -0.4 is 4.72 Å². The Hall–Kier alpha value is -0.510. The van der Waals surface area contributed by atoms with Crippen LogP contribution in [0.3, 0.4) is 0 Å². The third-order valence-electron chi connectivity index (χ3n) is 4.82. The Bertz CT molecular complexity index is 689. The minimum Gasteiger partial charge on any atom is -0.598 e. The maximum atomic E-state index is 12.9. The fraction of sp³-hybridized carbons (Fsp3) is 0.950. The largest absolute Gasteiger partial charge is 0.598 e. The van der Waals surface area contributed by atoms with Crippen LogP contribution in [0.5, 0.6) is 0 Å². The molecule has 0 aromatic carbocycles. The molecule has 7 nitrogen and oxygen atoms in total. The number of hydrogen-bond acceptors (Lipinski definition) is 6. The van der Waals surface area contributed by atoms with Gasteiger partial charge in [0, 0.05) is 30.2 Å². The maximum Gasteiger partial charge on any atom is 0.410 e. The zero-order valence-corrected chi connectivity index (χ0v) is 21.3. The van der Waals surface area contributed by atoms with E-state index in [1.807, 2.05) is 62.3 Å². The molecule has 9 heteroatoms.